The average molecular weight is 325 g/mol. The first-order valence-corrected chi connectivity index (χ1v) is 7.56. The molecular formula is C16H23NO6. The molecule has 1 aromatic heterocycles. The summed E-state index contributed by atoms with van der Waals surface area (Å²) >= 11 is 0. The number of esters is 3. The summed E-state index contributed by atoms with van der Waals surface area (Å²) in [6.07, 6.45) is 1.58. The first-order valence-electron chi connectivity index (χ1n) is 7.56. The number of hydrogen-bond acceptors (Lipinski definition) is 6. The molecule has 0 aliphatic rings. The Hall–Kier alpha value is -2.31. The molecule has 0 radical (unpaired) electrons. The van der Waals surface area contributed by atoms with Gasteiger partial charge in [0.1, 0.15) is 5.41 Å². The summed E-state index contributed by atoms with van der Waals surface area (Å²) in [5.41, 5.74) is -0.752. The van der Waals surface area contributed by atoms with Crippen LogP contribution in [0.25, 0.3) is 0 Å². The molecule has 1 rings (SSSR count). The molecule has 23 heavy (non-hydrogen) atoms. The first kappa shape index (κ1) is 18.7. The van der Waals surface area contributed by atoms with Crippen LogP contribution in [0.5, 0.6) is 0 Å². The smallest absolute Gasteiger partial charge is 0.318 e. The molecule has 1 unspecified atom stereocenters. The molecule has 0 aliphatic heterocycles. The van der Waals surface area contributed by atoms with Gasteiger partial charge in [-0.2, -0.15) is 0 Å². The van der Waals surface area contributed by atoms with Crippen molar-refractivity contribution >= 4 is 17.9 Å². The van der Waals surface area contributed by atoms with Crippen molar-refractivity contribution in [3.8, 4) is 0 Å². The van der Waals surface area contributed by atoms with E-state index in [-0.39, 0.29) is 32.7 Å². The minimum absolute atomic E-state index is 0.00737. The molecule has 0 spiro atoms. The minimum Gasteiger partial charge on any atom is -0.466 e. The lowest BCUT2D eigenvalue weighted by Gasteiger charge is -2.29. The van der Waals surface area contributed by atoms with E-state index in [4.69, 9.17) is 14.2 Å². The van der Waals surface area contributed by atoms with E-state index in [1.807, 2.05) is 0 Å². The number of rotatable bonds is 9. The SMILES string of the molecule is CCOC(=O)CC(CCOC(C)=O)(C(=O)OCC)c1ccc[nH]1. The van der Waals surface area contributed by atoms with Gasteiger partial charge in [-0.1, -0.05) is 0 Å². The fourth-order valence-corrected chi connectivity index (χ4v) is 2.33. The van der Waals surface area contributed by atoms with Gasteiger partial charge < -0.3 is 19.2 Å². The van der Waals surface area contributed by atoms with E-state index in [0.29, 0.717) is 5.69 Å². The van der Waals surface area contributed by atoms with Gasteiger partial charge in [-0.3, -0.25) is 14.4 Å². The third-order valence-electron chi connectivity index (χ3n) is 3.37. The highest BCUT2D eigenvalue weighted by atomic mass is 16.5. The molecule has 1 heterocycles. The zero-order chi connectivity index (χ0) is 17.3. The van der Waals surface area contributed by atoms with Crippen molar-refractivity contribution in [2.24, 2.45) is 0 Å². The molecule has 1 atom stereocenters. The van der Waals surface area contributed by atoms with Crippen molar-refractivity contribution in [2.45, 2.75) is 39.0 Å². The van der Waals surface area contributed by atoms with Gasteiger partial charge >= 0.3 is 17.9 Å². The van der Waals surface area contributed by atoms with Gasteiger partial charge in [-0.15, -0.1) is 0 Å². The van der Waals surface area contributed by atoms with Crippen LogP contribution in [0, 0.1) is 0 Å². The Bertz CT molecular complexity index is 525. The van der Waals surface area contributed by atoms with E-state index in [1.54, 1.807) is 32.2 Å². The average Bonchev–Trinajstić information content (AvgIpc) is 3.00. The minimum atomic E-state index is -1.28. The van der Waals surface area contributed by atoms with E-state index in [2.05, 4.69) is 4.98 Å². The van der Waals surface area contributed by atoms with Gasteiger partial charge in [-0.25, -0.2) is 0 Å². The molecule has 7 nitrogen and oxygen atoms in total. The zero-order valence-corrected chi connectivity index (χ0v) is 13.7. The van der Waals surface area contributed by atoms with Crippen molar-refractivity contribution in [2.75, 3.05) is 19.8 Å². The summed E-state index contributed by atoms with van der Waals surface area (Å²) in [6.45, 7) is 5.05. The summed E-state index contributed by atoms with van der Waals surface area (Å²) in [4.78, 5) is 38.5. The van der Waals surface area contributed by atoms with E-state index in [0.717, 1.165) is 0 Å². The van der Waals surface area contributed by atoms with Crippen molar-refractivity contribution < 1.29 is 28.6 Å². The van der Waals surface area contributed by atoms with Crippen LogP contribution in [0.1, 0.15) is 39.3 Å². The molecule has 0 amide bonds. The maximum absolute atomic E-state index is 12.6. The van der Waals surface area contributed by atoms with Crippen LogP contribution in [0.3, 0.4) is 0 Å². The standard InChI is InChI=1S/C16H23NO6/c1-4-21-14(19)11-16(15(20)22-5-2,8-10-23-12(3)18)13-7-6-9-17-13/h6-7,9,17H,4-5,8,10-11H2,1-3H3. The van der Waals surface area contributed by atoms with Crippen molar-refractivity contribution in [1.29, 1.82) is 0 Å². The highest BCUT2D eigenvalue weighted by Gasteiger charge is 2.45. The molecule has 0 aromatic carbocycles. The second-order valence-electron chi connectivity index (χ2n) is 4.96. The number of carbonyl (C=O) groups excluding carboxylic acids is 3. The zero-order valence-electron chi connectivity index (χ0n) is 13.7. The maximum Gasteiger partial charge on any atom is 0.318 e. The molecule has 1 aromatic rings. The van der Waals surface area contributed by atoms with E-state index >= 15 is 0 Å². The normalized spacial score (nSPS) is 13.0. The van der Waals surface area contributed by atoms with Crippen LogP contribution < -0.4 is 0 Å². The Morgan fingerprint density at radius 2 is 1.83 bits per heavy atom. The summed E-state index contributed by atoms with van der Waals surface area (Å²) in [6, 6.07) is 3.42. The molecule has 1 N–H and O–H groups in total. The van der Waals surface area contributed by atoms with Crippen LogP contribution in [-0.4, -0.2) is 42.7 Å². The molecule has 0 saturated carbocycles. The van der Waals surface area contributed by atoms with Gasteiger partial charge in [0.05, 0.1) is 26.2 Å². The Morgan fingerprint density at radius 1 is 1.13 bits per heavy atom. The number of H-pyrrole nitrogens is 1. The predicted octanol–water partition coefficient (Wildman–Crippen LogP) is 1.72. The van der Waals surface area contributed by atoms with Gasteiger partial charge in [0.15, 0.2) is 0 Å². The fourth-order valence-electron chi connectivity index (χ4n) is 2.33. The monoisotopic (exact) mass is 325 g/mol. The highest BCUT2D eigenvalue weighted by Crippen LogP contribution is 2.33. The number of hydrogen-bond donors (Lipinski definition) is 1. The summed E-state index contributed by atoms with van der Waals surface area (Å²) in [7, 11) is 0. The summed E-state index contributed by atoms with van der Waals surface area (Å²) in [5, 5.41) is 0. The number of nitrogens with one attached hydrogen (secondary N) is 1. The van der Waals surface area contributed by atoms with E-state index in [1.165, 1.54) is 6.92 Å². The van der Waals surface area contributed by atoms with Crippen molar-refractivity contribution in [3.05, 3.63) is 24.0 Å². The summed E-state index contributed by atoms with van der Waals surface area (Å²) in [5.74, 6) is -1.52. The Kier molecular flexibility index (Phi) is 7.31. The lowest BCUT2D eigenvalue weighted by molar-refractivity contribution is -0.159. The van der Waals surface area contributed by atoms with E-state index in [9.17, 15) is 14.4 Å². The van der Waals surface area contributed by atoms with Crippen molar-refractivity contribution in [1.82, 2.24) is 4.98 Å². The van der Waals surface area contributed by atoms with Gasteiger partial charge in [0.2, 0.25) is 0 Å². The molecule has 0 aliphatic carbocycles. The number of carbonyl (C=O) groups is 3. The fraction of sp³-hybridized carbons (Fsp3) is 0.562. The van der Waals surface area contributed by atoms with Crippen LogP contribution >= 0.6 is 0 Å². The third-order valence-corrected chi connectivity index (χ3v) is 3.37. The second-order valence-corrected chi connectivity index (χ2v) is 4.96. The second kappa shape index (κ2) is 8.97. The molecule has 0 bridgehead atoms. The van der Waals surface area contributed by atoms with Crippen LogP contribution in [0.4, 0.5) is 0 Å². The van der Waals surface area contributed by atoms with Crippen molar-refractivity contribution in [3.63, 3.8) is 0 Å². The Labute approximate surface area is 135 Å². The Morgan fingerprint density at radius 3 is 2.35 bits per heavy atom. The highest BCUT2D eigenvalue weighted by molar-refractivity contribution is 5.88. The predicted molar refractivity (Wildman–Crippen MR) is 81.6 cm³/mol. The maximum atomic E-state index is 12.6. The van der Waals surface area contributed by atoms with Crippen LogP contribution in [0.2, 0.25) is 0 Å². The summed E-state index contributed by atoms with van der Waals surface area (Å²) < 4.78 is 15.1. The lowest BCUT2D eigenvalue weighted by Crippen LogP contribution is -2.41. The third kappa shape index (κ3) is 5.12. The first-order chi connectivity index (χ1) is 11.0. The molecule has 0 fully saturated rings. The van der Waals surface area contributed by atoms with E-state index < -0.39 is 23.3 Å². The number of aromatic amines is 1. The quantitative estimate of drug-likeness (QED) is 0.549. The Balaban J connectivity index is 3.12. The largest absolute Gasteiger partial charge is 0.466 e. The number of aromatic nitrogens is 1. The van der Waals surface area contributed by atoms with Gasteiger partial charge in [0, 0.05) is 25.2 Å². The molecule has 128 valence electrons. The number of ether oxygens (including phenoxy) is 3. The molecule has 0 saturated heterocycles. The molecular weight excluding hydrogens is 302 g/mol. The molecule has 7 heteroatoms. The van der Waals surface area contributed by atoms with Crippen LogP contribution in [-0.2, 0) is 34.0 Å². The van der Waals surface area contributed by atoms with Crippen LogP contribution in [0.15, 0.2) is 18.3 Å². The lowest BCUT2D eigenvalue weighted by atomic mass is 9.78. The van der Waals surface area contributed by atoms with Gasteiger partial charge in [-0.05, 0) is 26.0 Å². The topological polar surface area (TPSA) is 94.7 Å². The van der Waals surface area contributed by atoms with Gasteiger partial charge in [0.25, 0.3) is 0 Å².